The molecule has 2 atom stereocenters. The number of hydrogen-bond acceptors (Lipinski definition) is 4. The number of nitrogens with one attached hydrogen (secondary N) is 2. The summed E-state index contributed by atoms with van der Waals surface area (Å²) in [5.41, 5.74) is 5.71. The van der Waals surface area contributed by atoms with E-state index in [-0.39, 0.29) is 12.5 Å². The van der Waals surface area contributed by atoms with Crippen LogP contribution in [0.1, 0.15) is 18.4 Å². The summed E-state index contributed by atoms with van der Waals surface area (Å²) in [4.78, 5) is 24.7. The van der Waals surface area contributed by atoms with Crippen LogP contribution < -0.4 is 20.3 Å². The molecule has 0 fully saturated rings. The van der Waals surface area contributed by atoms with Crippen molar-refractivity contribution in [3.8, 4) is 11.5 Å². The Bertz CT molecular complexity index is 1030. The van der Waals surface area contributed by atoms with Crippen molar-refractivity contribution < 1.29 is 19.1 Å². The van der Waals surface area contributed by atoms with Gasteiger partial charge in [0.2, 0.25) is 5.91 Å². The van der Waals surface area contributed by atoms with E-state index in [0.29, 0.717) is 11.5 Å². The zero-order valence-corrected chi connectivity index (χ0v) is 15.3. The van der Waals surface area contributed by atoms with Crippen LogP contribution in [0.15, 0.2) is 66.7 Å². The van der Waals surface area contributed by atoms with Crippen LogP contribution in [0.3, 0.4) is 0 Å². The average molecular weight is 376 g/mol. The molecule has 0 saturated carbocycles. The van der Waals surface area contributed by atoms with Crippen LogP contribution in [0, 0.1) is 0 Å². The topological polar surface area (TPSA) is 76.7 Å². The normalized spacial score (nSPS) is 16.0. The van der Waals surface area contributed by atoms with Gasteiger partial charge in [-0.15, -0.1) is 0 Å². The van der Waals surface area contributed by atoms with E-state index < -0.39 is 17.9 Å². The minimum absolute atomic E-state index is 0.254. The summed E-state index contributed by atoms with van der Waals surface area (Å²) < 4.78 is 11.2. The fraction of sp³-hybridized carbons (Fsp3) is 0.182. The molecule has 28 heavy (non-hydrogen) atoms. The SMILES string of the molecule is CC(Oc1ccc2ccccc2c1)C(=O)NNC(=O)C1COc2ccccc21. The Morgan fingerprint density at radius 2 is 1.75 bits per heavy atom. The molecule has 0 aliphatic carbocycles. The van der Waals surface area contributed by atoms with Crippen molar-refractivity contribution in [1.29, 1.82) is 0 Å². The number of fused-ring (bicyclic) bond motifs is 2. The van der Waals surface area contributed by atoms with Crippen molar-refractivity contribution in [2.24, 2.45) is 0 Å². The van der Waals surface area contributed by atoms with Crippen molar-refractivity contribution in [2.45, 2.75) is 18.9 Å². The van der Waals surface area contributed by atoms with Gasteiger partial charge in [0.25, 0.3) is 5.91 Å². The quantitative estimate of drug-likeness (QED) is 0.687. The first-order valence-electron chi connectivity index (χ1n) is 9.09. The number of rotatable bonds is 4. The maximum atomic E-state index is 12.4. The molecule has 4 rings (SSSR count). The maximum absolute atomic E-state index is 12.4. The summed E-state index contributed by atoms with van der Waals surface area (Å²) >= 11 is 0. The van der Waals surface area contributed by atoms with Crippen LogP contribution in [0.2, 0.25) is 0 Å². The Labute approximate surface area is 162 Å². The molecule has 3 aromatic carbocycles. The Balaban J connectivity index is 1.33. The Kier molecular flexibility index (Phi) is 4.85. The van der Waals surface area contributed by atoms with Crippen LogP contribution in [-0.4, -0.2) is 24.5 Å². The van der Waals surface area contributed by atoms with E-state index in [1.807, 2.05) is 66.7 Å². The summed E-state index contributed by atoms with van der Waals surface area (Å²) in [7, 11) is 0. The highest BCUT2D eigenvalue weighted by Crippen LogP contribution is 2.33. The lowest BCUT2D eigenvalue weighted by Crippen LogP contribution is -2.48. The number of hydrazine groups is 1. The molecule has 0 saturated heterocycles. The Hall–Kier alpha value is -3.54. The van der Waals surface area contributed by atoms with Crippen LogP contribution in [0.25, 0.3) is 10.8 Å². The molecular formula is C22H20N2O4. The van der Waals surface area contributed by atoms with Gasteiger partial charge in [-0.2, -0.15) is 0 Å². The third-order valence-electron chi connectivity index (χ3n) is 4.73. The number of amides is 2. The van der Waals surface area contributed by atoms with Crippen molar-refractivity contribution in [3.05, 3.63) is 72.3 Å². The van der Waals surface area contributed by atoms with E-state index in [9.17, 15) is 9.59 Å². The summed E-state index contributed by atoms with van der Waals surface area (Å²) in [5.74, 6) is 0.0749. The minimum atomic E-state index is -0.770. The van der Waals surface area contributed by atoms with Crippen LogP contribution in [0.4, 0.5) is 0 Å². The lowest BCUT2D eigenvalue weighted by atomic mass is 10.0. The number of carbonyl (C=O) groups excluding carboxylic acids is 2. The molecule has 2 amide bonds. The molecule has 0 radical (unpaired) electrons. The zero-order valence-electron chi connectivity index (χ0n) is 15.3. The molecular weight excluding hydrogens is 356 g/mol. The fourth-order valence-electron chi connectivity index (χ4n) is 3.19. The van der Waals surface area contributed by atoms with E-state index >= 15 is 0 Å². The Morgan fingerprint density at radius 1 is 1.00 bits per heavy atom. The molecule has 2 N–H and O–H groups in total. The van der Waals surface area contributed by atoms with Gasteiger partial charge in [-0.1, -0.05) is 48.5 Å². The molecule has 2 unspecified atom stereocenters. The number of hydrogen-bond donors (Lipinski definition) is 2. The number of para-hydroxylation sites is 1. The van der Waals surface area contributed by atoms with Crippen molar-refractivity contribution >= 4 is 22.6 Å². The molecule has 1 heterocycles. The first-order valence-corrected chi connectivity index (χ1v) is 9.09. The second-order valence-electron chi connectivity index (χ2n) is 6.65. The van der Waals surface area contributed by atoms with E-state index in [1.54, 1.807) is 6.92 Å². The fourth-order valence-corrected chi connectivity index (χ4v) is 3.19. The molecule has 3 aromatic rings. The summed E-state index contributed by atoms with van der Waals surface area (Å²) in [6.45, 7) is 1.88. The molecule has 1 aliphatic rings. The van der Waals surface area contributed by atoms with Gasteiger partial charge in [0.1, 0.15) is 24.0 Å². The summed E-state index contributed by atoms with van der Waals surface area (Å²) in [6.07, 6.45) is -0.770. The second kappa shape index (κ2) is 7.60. The van der Waals surface area contributed by atoms with E-state index in [0.717, 1.165) is 16.3 Å². The van der Waals surface area contributed by atoms with E-state index in [1.165, 1.54) is 0 Å². The Morgan fingerprint density at radius 3 is 2.61 bits per heavy atom. The molecule has 6 nitrogen and oxygen atoms in total. The zero-order chi connectivity index (χ0) is 19.5. The second-order valence-corrected chi connectivity index (χ2v) is 6.65. The largest absolute Gasteiger partial charge is 0.492 e. The van der Waals surface area contributed by atoms with Crippen LogP contribution in [-0.2, 0) is 9.59 Å². The van der Waals surface area contributed by atoms with Gasteiger partial charge in [0.15, 0.2) is 6.10 Å². The smallest absolute Gasteiger partial charge is 0.279 e. The van der Waals surface area contributed by atoms with Crippen molar-refractivity contribution in [1.82, 2.24) is 10.9 Å². The number of benzene rings is 3. The highest BCUT2D eigenvalue weighted by molar-refractivity contribution is 5.89. The third kappa shape index (κ3) is 3.62. The molecule has 142 valence electrons. The molecule has 1 aliphatic heterocycles. The minimum Gasteiger partial charge on any atom is -0.492 e. The summed E-state index contributed by atoms with van der Waals surface area (Å²) in [5, 5.41) is 2.12. The van der Waals surface area contributed by atoms with Gasteiger partial charge >= 0.3 is 0 Å². The predicted molar refractivity (Wildman–Crippen MR) is 105 cm³/mol. The summed E-state index contributed by atoms with van der Waals surface area (Å²) in [6, 6.07) is 20.9. The molecule has 0 aromatic heterocycles. The lowest BCUT2D eigenvalue weighted by molar-refractivity contribution is -0.133. The standard InChI is InChI=1S/C22H20N2O4/c1-14(28-17-11-10-15-6-2-3-7-16(15)12-17)21(25)23-24-22(26)19-13-27-20-9-5-4-8-18(19)20/h2-12,14,19H,13H2,1H3,(H,23,25)(H,24,26). The van der Waals surface area contributed by atoms with Gasteiger partial charge in [-0.3, -0.25) is 20.4 Å². The highest BCUT2D eigenvalue weighted by Gasteiger charge is 2.30. The molecule has 0 spiro atoms. The van der Waals surface area contributed by atoms with E-state index in [2.05, 4.69) is 10.9 Å². The van der Waals surface area contributed by atoms with Crippen LogP contribution >= 0.6 is 0 Å². The van der Waals surface area contributed by atoms with Gasteiger partial charge in [-0.05, 0) is 35.9 Å². The molecule has 0 bridgehead atoms. The maximum Gasteiger partial charge on any atom is 0.279 e. The number of carbonyl (C=O) groups is 2. The van der Waals surface area contributed by atoms with Gasteiger partial charge in [0, 0.05) is 5.56 Å². The third-order valence-corrected chi connectivity index (χ3v) is 4.73. The van der Waals surface area contributed by atoms with Gasteiger partial charge in [0.05, 0.1) is 0 Å². The van der Waals surface area contributed by atoms with Gasteiger partial charge < -0.3 is 9.47 Å². The molecule has 6 heteroatoms. The van der Waals surface area contributed by atoms with E-state index in [4.69, 9.17) is 9.47 Å². The predicted octanol–water partition coefficient (Wildman–Crippen LogP) is 2.93. The first kappa shape index (κ1) is 17.9. The highest BCUT2D eigenvalue weighted by atomic mass is 16.5. The first-order chi connectivity index (χ1) is 13.6. The van der Waals surface area contributed by atoms with Crippen LogP contribution in [0.5, 0.6) is 11.5 Å². The van der Waals surface area contributed by atoms with Crippen molar-refractivity contribution in [2.75, 3.05) is 6.61 Å². The average Bonchev–Trinajstić information content (AvgIpc) is 3.16. The van der Waals surface area contributed by atoms with Crippen molar-refractivity contribution in [3.63, 3.8) is 0 Å². The van der Waals surface area contributed by atoms with Gasteiger partial charge in [-0.25, -0.2) is 0 Å². The monoisotopic (exact) mass is 376 g/mol. The lowest BCUT2D eigenvalue weighted by Gasteiger charge is -2.16. The number of ether oxygens (including phenoxy) is 2.